The Labute approximate surface area is 160 Å². The monoisotopic (exact) mass is 370 g/mol. The number of amides is 2. The van der Waals surface area contributed by atoms with Crippen LogP contribution < -0.4 is 5.32 Å². The summed E-state index contributed by atoms with van der Waals surface area (Å²) in [5, 5.41) is 2.63. The summed E-state index contributed by atoms with van der Waals surface area (Å²) in [5.41, 5.74) is 3.06. The van der Waals surface area contributed by atoms with Gasteiger partial charge in [0.25, 0.3) is 0 Å². The minimum Gasteiger partial charge on any atom is -0.357 e. The Morgan fingerprint density at radius 2 is 1.63 bits per heavy atom. The number of nitrogens with one attached hydrogen (secondary N) is 1. The largest absolute Gasteiger partial charge is 0.357 e. The van der Waals surface area contributed by atoms with Gasteiger partial charge >= 0.3 is 0 Å². The molecule has 2 rings (SSSR count). The van der Waals surface area contributed by atoms with Gasteiger partial charge in [-0.05, 0) is 43.0 Å². The first-order chi connectivity index (χ1) is 12.9. The quantitative estimate of drug-likeness (QED) is 0.772. The van der Waals surface area contributed by atoms with Crippen molar-refractivity contribution in [1.82, 2.24) is 10.2 Å². The van der Waals surface area contributed by atoms with Gasteiger partial charge in [-0.25, -0.2) is 4.39 Å². The fourth-order valence-electron chi connectivity index (χ4n) is 3.02. The molecule has 0 heterocycles. The van der Waals surface area contributed by atoms with Gasteiger partial charge in [0.05, 0.1) is 0 Å². The van der Waals surface area contributed by atoms with Crippen LogP contribution in [0.15, 0.2) is 48.5 Å². The van der Waals surface area contributed by atoms with Crippen LogP contribution in [-0.4, -0.2) is 29.8 Å². The topological polar surface area (TPSA) is 49.4 Å². The second kappa shape index (κ2) is 9.86. The summed E-state index contributed by atoms with van der Waals surface area (Å²) < 4.78 is 13.2. The van der Waals surface area contributed by atoms with Crippen LogP contribution in [-0.2, 0) is 22.6 Å². The summed E-state index contributed by atoms with van der Waals surface area (Å²) in [7, 11) is 1.57. The molecule has 0 spiro atoms. The van der Waals surface area contributed by atoms with Crippen LogP contribution in [0.5, 0.6) is 0 Å². The molecule has 144 valence electrons. The molecule has 4 nitrogen and oxygen atoms in total. The lowest BCUT2D eigenvalue weighted by atomic mass is 10.1. The molecule has 2 aromatic rings. The number of hydrogen-bond donors (Lipinski definition) is 1. The second-order valence-electron chi connectivity index (χ2n) is 6.67. The van der Waals surface area contributed by atoms with E-state index in [1.165, 1.54) is 17.7 Å². The van der Waals surface area contributed by atoms with Gasteiger partial charge in [0.1, 0.15) is 11.9 Å². The molecule has 0 bridgehead atoms. The highest BCUT2D eigenvalue weighted by Crippen LogP contribution is 2.16. The number of nitrogens with zero attached hydrogens (tertiary/aromatic N) is 1. The van der Waals surface area contributed by atoms with E-state index in [1.54, 1.807) is 24.1 Å². The van der Waals surface area contributed by atoms with Crippen molar-refractivity contribution in [1.29, 1.82) is 0 Å². The van der Waals surface area contributed by atoms with Crippen molar-refractivity contribution < 1.29 is 14.0 Å². The normalized spacial score (nSPS) is 11.7. The van der Waals surface area contributed by atoms with E-state index in [0.717, 1.165) is 11.1 Å². The molecule has 27 heavy (non-hydrogen) atoms. The van der Waals surface area contributed by atoms with Gasteiger partial charge in [0.2, 0.25) is 11.8 Å². The first-order valence-corrected chi connectivity index (χ1v) is 9.25. The molecular weight excluding hydrogens is 343 g/mol. The minimum absolute atomic E-state index is 0.0876. The highest BCUT2D eigenvalue weighted by atomic mass is 19.1. The van der Waals surface area contributed by atoms with E-state index in [1.807, 2.05) is 38.1 Å². The molecule has 1 atom stereocenters. The Morgan fingerprint density at radius 3 is 2.19 bits per heavy atom. The van der Waals surface area contributed by atoms with Crippen LogP contribution in [0.1, 0.15) is 36.5 Å². The fraction of sp³-hybridized carbons (Fsp3) is 0.364. The maximum Gasteiger partial charge on any atom is 0.242 e. The smallest absolute Gasteiger partial charge is 0.242 e. The molecule has 2 amide bonds. The molecule has 0 aliphatic heterocycles. The van der Waals surface area contributed by atoms with Crippen molar-refractivity contribution >= 4 is 11.8 Å². The third-order valence-corrected chi connectivity index (χ3v) is 4.65. The van der Waals surface area contributed by atoms with E-state index in [-0.39, 0.29) is 24.2 Å². The maximum atomic E-state index is 13.2. The number of benzene rings is 2. The maximum absolute atomic E-state index is 13.2. The zero-order valence-corrected chi connectivity index (χ0v) is 16.2. The molecular formula is C22H27FN2O2. The molecule has 0 aliphatic rings. The van der Waals surface area contributed by atoms with E-state index in [9.17, 15) is 14.0 Å². The molecule has 1 N–H and O–H groups in total. The van der Waals surface area contributed by atoms with Crippen LogP contribution >= 0.6 is 0 Å². The van der Waals surface area contributed by atoms with E-state index >= 15 is 0 Å². The molecule has 0 fully saturated rings. The number of hydrogen-bond acceptors (Lipinski definition) is 2. The van der Waals surface area contributed by atoms with Crippen LogP contribution in [0.25, 0.3) is 0 Å². The summed E-state index contributed by atoms with van der Waals surface area (Å²) in [6, 6.07) is 13.6. The van der Waals surface area contributed by atoms with Gasteiger partial charge in [0.15, 0.2) is 0 Å². The van der Waals surface area contributed by atoms with Gasteiger partial charge in [0, 0.05) is 20.0 Å². The Balaban J connectivity index is 2.15. The summed E-state index contributed by atoms with van der Waals surface area (Å²) in [5.74, 6) is -0.604. The van der Waals surface area contributed by atoms with E-state index < -0.39 is 6.04 Å². The molecule has 0 saturated heterocycles. The molecule has 2 aromatic carbocycles. The number of aryl methyl sites for hydroxylation is 2. The van der Waals surface area contributed by atoms with Gasteiger partial charge < -0.3 is 10.2 Å². The highest BCUT2D eigenvalue weighted by Gasteiger charge is 2.27. The highest BCUT2D eigenvalue weighted by molar-refractivity contribution is 5.87. The average Bonchev–Trinajstić information content (AvgIpc) is 2.68. The van der Waals surface area contributed by atoms with Crippen molar-refractivity contribution in [3.05, 3.63) is 71.0 Å². The Kier molecular flexibility index (Phi) is 7.53. The lowest BCUT2D eigenvalue weighted by Gasteiger charge is -2.30. The van der Waals surface area contributed by atoms with Gasteiger partial charge in [-0.3, -0.25) is 9.59 Å². The lowest BCUT2D eigenvalue weighted by molar-refractivity contribution is -0.141. The van der Waals surface area contributed by atoms with Gasteiger partial charge in [-0.2, -0.15) is 0 Å². The number of carbonyl (C=O) groups is 2. The van der Waals surface area contributed by atoms with Crippen LogP contribution in [0.3, 0.4) is 0 Å². The SMILES string of the molecule is CC[C@H](C(=O)NC)N(Cc1ccc(F)cc1)C(=O)CCc1ccc(C)cc1. The molecule has 5 heteroatoms. The lowest BCUT2D eigenvalue weighted by Crippen LogP contribution is -2.48. The first kappa shape index (κ1) is 20.6. The number of carbonyl (C=O) groups excluding carboxylic acids is 2. The van der Waals surface area contributed by atoms with E-state index in [2.05, 4.69) is 5.32 Å². The van der Waals surface area contributed by atoms with Gasteiger partial charge in [-0.1, -0.05) is 48.9 Å². The van der Waals surface area contributed by atoms with Crippen molar-refractivity contribution in [2.75, 3.05) is 7.05 Å². The van der Waals surface area contributed by atoms with Crippen molar-refractivity contribution in [2.45, 2.75) is 45.7 Å². The Hall–Kier alpha value is -2.69. The Bertz CT molecular complexity index is 757. The summed E-state index contributed by atoms with van der Waals surface area (Å²) in [6.45, 7) is 4.18. The third-order valence-electron chi connectivity index (χ3n) is 4.65. The van der Waals surface area contributed by atoms with Crippen LogP contribution in [0, 0.1) is 12.7 Å². The summed E-state index contributed by atoms with van der Waals surface area (Å²) in [6.07, 6.45) is 1.44. The van der Waals surface area contributed by atoms with Gasteiger partial charge in [-0.15, -0.1) is 0 Å². The molecule has 0 aliphatic carbocycles. The number of rotatable bonds is 8. The zero-order valence-electron chi connectivity index (χ0n) is 16.2. The van der Waals surface area contributed by atoms with Crippen LogP contribution in [0.4, 0.5) is 4.39 Å². The molecule has 0 radical (unpaired) electrons. The average molecular weight is 370 g/mol. The van der Waals surface area contributed by atoms with E-state index in [4.69, 9.17) is 0 Å². The first-order valence-electron chi connectivity index (χ1n) is 9.25. The second-order valence-corrected chi connectivity index (χ2v) is 6.67. The molecule has 0 aromatic heterocycles. The Morgan fingerprint density at radius 1 is 1.04 bits per heavy atom. The van der Waals surface area contributed by atoms with Crippen molar-refractivity contribution in [3.8, 4) is 0 Å². The summed E-state index contributed by atoms with van der Waals surface area (Å²) >= 11 is 0. The standard InChI is InChI=1S/C22H27FN2O2/c1-4-20(22(27)24-3)25(15-18-9-12-19(23)13-10-18)21(26)14-11-17-7-5-16(2)6-8-17/h5-10,12-13,20H,4,11,14-15H2,1-3H3,(H,24,27)/t20-/m1/s1. The predicted molar refractivity (Wildman–Crippen MR) is 105 cm³/mol. The van der Waals surface area contributed by atoms with Crippen LogP contribution in [0.2, 0.25) is 0 Å². The van der Waals surface area contributed by atoms with Crippen molar-refractivity contribution in [2.24, 2.45) is 0 Å². The zero-order chi connectivity index (χ0) is 19.8. The summed E-state index contributed by atoms with van der Waals surface area (Å²) in [4.78, 5) is 26.8. The fourth-order valence-corrected chi connectivity index (χ4v) is 3.02. The minimum atomic E-state index is -0.550. The molecule has 0 saturated carbocycles. The van der Waals surface area contributed by atoms with E-state index in [0.29, 0.717) is 19.3 Å². The van der Waals surface area contributed by atoms with Crippen molar-refractivity contribution in [3.63, 3.8) is 0 Å². The predicted octanol–water partition coefficient (Wildman–Crippen LogP) is 3.62. The number of likely N-dealkylation sites (N-methyl/N-ethyl adjacent to an activating group) is 1. The third kappa shape index (κ3) is 5.91. The number of halogens is 1. The molecule has 0 unspecified atom stereocenters.